The second-order valence-corrected chi connectivity index (χ2v) is 9.62. The lowest BCUT2D eigenvalue weighted by Gasteiger charge is -2.45. The van der Waals surface area contributed by atoms with E-state index in [9.17, 15) is 34.8 Å². The number of carbonyl (C=O) groups excluding carboxylic acids is 2. The van der Waals surface area contributed by atoms with Crippen LogP contribution in [-0.2, 0) is 28.6 Å². The van der Waals surface area contributed by atoms with Crippen molar-refractivity contribution in [2.75, 3.05) is 18.1 Å². The van der Waals surface area contributed by atoms with Crippen LogP contribution in [0.3, 0.4) is 0 Å². The Morgan fingerprint density at radius 3 is 2.28 bits per heavy atom. The van der Waals surface area contributed by atoms with Crippen molar-refractivity contribution in [3.63, 3.8) is 0 Å². The largest absolute Gasteiger partial charge is 0.480 e. The number of hydrogen-bond donors (Lipinski definition) is 10. The summed E-state index contributed by atoms with van der Waals surface area (Å²) in [4.78, 5) is 34.3. The van der Waals surface area contributed by atoms with E-state index in [0.717, 1.165) is 11.8 Å². The van der Waals surface area contributed by atoms with E-state index in [0.29, 0.717) is 0 Å². The summed E-state index contributed by atoms with van der Waals surface area (Å²) in [6.07, 6.45) is -12.4. The van der Waals surface area contributed by atoms with Gasteiger partial charge >= 0.3 is 5.97 Å². The Hall–Kier alpha value is -1.64. The fraction of sp³-hybridized carbons (Fsp3) is 0.842. The first-order chi connectivity index (χ1) is 16.8. The van der Waals surface area contributed by atoms with E-state index in [-0.39, 0.29) is 24.5 Å². The molecular formula is C19H35N5O11S. The monoisotopic (exact) mass is 541 g/mol. The maximum atomic E-state index is 12.2. The first-order valence-corrected chi connectivity index (χ1v) is 12.3. The number of carboxylic acid groups (broad SMARTS) is 1. The van der Waals surface area contributed by atoms with Gasteiger partial charge in [0.25, 0.3) is 0 Å². The molecule has 2 saturated heterocycles. The van der Waals surface area contributed by atoms with Crippen molar-refractivity contribution in [2.45, 2.75) is 80.8 Å². The van der Waals surface area contributed by atoms with Gasteiger partial charge in [-0.2, -0.15) is 11.8 Å². The molecule has 17 heteroatoms. The predicted octanol–water partition coefficient (Wildman–Crippen LogP) is -5.70. The van der Waals surface area contributed by atoms with Crippen molar-refractivity contribution in [2.24, 2.45) is 17.2 Å². The molecule has 11 atom stereocenters. The molecule has 16 nitrogen and oxygen atoms in total. The van der Waals surface area contributed by atoms with Crippen LogP contribution in [0.2, 0.25) is 0 Å². The van der Waals surface area contributed by atoms with Crippen LogP contribution in [0, 0.1) is 0 Å². The molecule has 13 N–H and O–H groups in total. The Bertz CT molecular complexity index is 767. The second kappa shape index (κ2) is 13.8. The number of nitrogens with one attached hydrogen (secondary N) is 2. The lowest BCUT2D eigenvalue weighted by molar-refractivity contribution is -0.313. The zero-order chi connectivity index (χ0) is 27.2. The van der Waals surface area contributed by atoms with Crippen molar-refractivity contribution in [1.82, 2.24) is 10.6 Å². The molecular weight excluding hydrogens is 506 g/mol. The van der Waals surface area contributed by atoms with E-state index in [1.54, 1.807) is 0 Å². The van der Waals surface area contributed by atoms with Gasteiger partial charge in [-0.3, -0.25) is 9.59 Å². The summed E-state index contributed by atoms with van der Waals surface area (Å²) < 4.78 is 16.3. The van der Waals surface area contributed by atoms with Crippen LogP contribution >= 0.6 is 11.8 Å². The number of rotatable bonds is 11. The van der Waals surface area contributed by atoms with E-state index in [2.05, 4.69) is 10.6 Å². The molecule has 0 aromatic carbocycles. The molecule has 0 saturated carbocycles. The Morgan fingerprint density at radius 1 is 1.00 bits per heavy atom. The highest BCUT2D eigenvalue weighted by atomic mass is 32.2. The summed E-state index contributed by atoms with van der Waals surface area (Å²) in [5.74, 6) is -1.80. The highest BCUT2D eigenvalue weighted by Gasteiger charge is 2.48. The smallest absolute Gasteiger partial charge is 0.327 e. The third kappa shape index (κ3) is 8.18. The molecule has 2 rings (SSSR count). The van der Waals surface area contributed by atoms with Gasteiger partial charge in [-0.25, -0.2) is 4.79 Å². The van der Waals surface area contributed by atoms with E-state index in [1.807, 2.05) is 0 Å². The van der Waals surface area contributed by atoms with E-state index < -0.39 is 85.2 Å². The van der Waals surface area contributed by atoms with Gasteiger partial charge in [-0.05, 0) is 0 Å². The molecule has 2 amide bonds. The highest BCUT2D eigenvalue weighted by molar-refractivity contribution is 7.99. The van der Waals surface area contributed by atoms with E-state index in [1.165, 1.54) is 6.92 Å². The number of thioether (sulfide) groups is 1. The van der Waals surface area contributed by atoms with E-state index >= 15 is 0 Å². The molecule has 0 aromatic heterocycles. The Labute approximate surface area is 210 Å². The number of carboxylic acids is 1. The third-order valence-electron chi connectivity index (χ3n) is 5.63. The lowest BCUT2D eigenvalue weighted by Crippen LogP contribution is -2.68. The number of aliphatic hydroxyl groups is 4. The van der Waals surface area contributed by atoms with Crippen molar-refractivity contribution in [1.29, 1.82) is 0 Å². The molecule has 0 radical (unpaired) electrons. The predicted molar refractivity (Wildman–Crippen MR) is 123 cm³/mol. The Kier molecular flexibility index (Phi) is 11.7. The topological polar surface area (TPSA) is 282 Å². The average Bonchev–Trinajstić information content (AvgIpc) is 2.81. The minimum atomic E-state index is -1.55. The number of hydrogen-bond acceptors (Lipinski definition) is 14. The molecule has 2 aliphatic heterocycles. The van der Waals surface area contributed by atoms with Gasteiger partial charge in [0.05, 0.1) is 6.04 Å². The summed E-state index contributed by atoms with van der Waals surface area (Å²) in [5.41, 5.74) is 17.2. The molecule has 2 heterocycles. The zero-order valence-corrected chi connectivity index (χ0v) is 20.3. The van der Waals surface area contributed by atoms with Crippen molar-refractivity contribution >= 4 is 29.5 Å². The number of ether oxygens (including phenoxy) is 3. The van der Waals surface area contributed by atoms with Gasteiger partial charge in [0.15, 0.2) is 6.29 Å². The number of nitrogens with two attached hydrogens (primary N) is 3. The SMILES string of the molecule is CC(=O)NC(CSCCC(=O)NCC1O[C@@H](O[C@H]2C(N)O[C@@H](N)C(O)[C@H]2O)C(N)[C@@H](O)[C@H]1O)C(=O)O. The summed E-state index contributed by atoms with van der Waals surface area (Å²) in [5, 5.41) is 54.7. The molecule has 0 bridgehead atoms. The third-order valence-corrected chi connectivity index (χ3v) is 6.70. The lowest BCUT2D eigenvalue weighted by atomic mass is 9.96. The van der Waals surface area contributed by atoms with Crippen LogP contribution in [0.25, 0.3) is 0 Å². The molecule has 2 fully saturated rings. The maximum absolute atomic E-state index is 12.2. The molecule has 2 aliphatic rings. The van der Waals surface area contributed by atoms with Crippen LogP contribution in [0.5, 0.6) is 0 Å². The van der Waals surface area contributed by atoms with Gasteiger partial charge in [0.2, 0.25) is 11.8 Å². The van der Waals surface area contributed by atoms with Crippen molar-refractivity contribution < 1.29 is 54.1 Å². The molecule has 5 unspecified atom stereocenters. The van der Waals surface area contributed by atoms with E-state index in [4.69, 9.17) is 36.5 Å². The molecule has 208 valence electrons. The number of amides is 2. The number of aliphatic hydroxyl groups excluding tert-OH is 4. The minimum Gasteiger partial charge on any atom is -0.480 e. The molecule has 0 spiro atoms. The van der Waals surface area contributed by atoms with Gasteiger partial charge in [0.1, 0.15) is 55.1 Å². The van der Waals surface area contributed by atoms with Crippen LogP contribution < -0.4 is 27.8 Å². The van der Waals surface area contributed by atoms with Crippen molar-refractivity contribution in [3.05, 3.63) is 0 Å². The minimum absolute atomic E-state index is 0.000487. The van der Waals surface area contributed by atoms with Gasteiger partial charge < -0.3 is 67.6 Å². The first-order valence-electron chi connectivity index (χ1n) is 11.1. The van der Waals surface area contributed by atoms with Crippen LogP contribution in [0.15, 0.2) is 0 Å². The van der Waals surface area contributed by atoms with Crippen LogP contribution in [0.4, 0.5) is 0 Å². The number of carbonyl (C=O) groups is 3. The quantitative estimate of drug-likeness (QED) is 0.109. The Balaban J connectivity index is 1.85. The average molecular weight is 542 g/mol. The number of aliphatic carboxylic acids is 1. The summed E-state index contributed by atoms with van der Waals surface area (Å²) in [6, 6.07) is -2.34. The molecule has 0 aromatic rings. The summed E-state index contributed by atoms with van der Waals surface area (Å²) >= 11 is 1.15. The second-order valence-electron chi connectivity index (χ2n) is 8.47. The normalized spacial score (nSPS) is 37.7. The van der Waals surface area contributed by atoms with Crippen LogP contribution in [0.1, 0.15) is 13.3 Å². The fourth-order valence-electron chi connectivity index (χ4n) is 3.57. The van der Waals surface area contributed by atoms with Gasteiger partial charge in [-0.1, -0.05) is 0 Å². The molecule has 36 heavy (non-hydrogen) atoms. The maximum Gasteiger partial charge on any atom is 0.327 e. The first kappa shape index (κ1) is 30.6. The van der Waals surface area contributed by atoms with Crippen molar-refractivity contribution in [3.8, 4) is 0 Å². The Morgan fingerprint density at radius 2 is 1.67 bits per heavy atom. The fourth-order valence-corrected chi connectivity index (χ4v) is 4.53. The van der Waals surface area contributed by atoms with Crippen LogP contribution in [-0.4, -0.2) is 129 Å². The summed E-state index contributed by atoms with van der Waals surface area (Å²) in [7, 11) is 0. The zero-order valence-electron chi connectivity index (χ0n) is 19.5. The molecule has 0 aliphatic carbocycles. The summed E-state index contributed by atoms with van der Waals surface area (Å²) in [6.45, 7) is 0.967. The van der Waals surface area contributed by atoms with Gasteiger partial charge in [0, 0.05) is 31.4 Å². The standard InChI is InChI=1S/C19H35N5O11S/c1-6(25)24-7(18(31)32)5-36-3-2-9(26)23-4-8-11(27)12(28)10(20)19(33-8)34-15-13(29)14(30)16(21)35-17(15)22/h7-8,10-17,19,27-30H,2-5,20-22H2,1H3,(H,23,26)(H,24,25)(H,31,32)/t7?,8?,10?,11-,12+,13+,14?,15+,16+,17?,19-/m0/s1. The van der Waals surface area contributed by atoms with Gasteiger partial charge in [-0.15, -0.1) is 0 Å². The highest BCUT2D eigenvalue weighted by Crippen LogP contribution is 2.26.